The maximum atomic E-state index is 13.2. The third kappa shape index (κ3) is 3.46. The van der Waals surface area contributed by atoms with Crippen LogP contribution in [0.25, 0.3) is 0 Å². The van der Waals surface area contributed by atoms with Crippen molar-refractivity contribution in [3.8, 4) is 0 Å². The van der Waals surface area contributed by atoms with Gasteiger partial charge in [0.2, 0.25) is 0 Å². The average Bonchev–Trinajstić information content (AvgIpc) is 2.24. The molecule has 0 atom stereocenters. The normalized spacial score (nSPS) is 18.7. The summed E-state index contributed by atoms with van der Waals surface area (Å²) in [7, 11) is 0. The Balaban J connectivity index is 2.87. The van der Waals surface area contributed by atoms with Crippen molar-refractivity contribution in [3.63, 3.8) is 0 Å². The van der Waals surface area contributed by atoms with Crippen molar-refractivity contribution < 1.29 is 35.5 Å². The summed E-state index contributed by atoms with van der Waals surface area (Å²) in [5.41, 5.74) is -5.40. The van der Waals surface area contributed by atoms with E-state index in [9.17, 15) is 30.7 Å². The molecule has 0 saturated heterocycles. The zero-order valence-corrected chi connectivity index (χ0v) is 10.2. The summed E-state index contributed by atoms with van der Waals surface area (Å²) in [6.07, 6.45) is -10.6. The third-order valence-corrected chi connectivity index (χ3v) is 3.10. The summed E-state index contributed by atoms with van der Waals surface area (Å²) >= 11 is 5.61. The van der Waals surface area contributed by atoms with Crippen molar-refractivity contribution in [1.29, 1.82) is 0 Å². The Morgan fingerprint density at radius 2 is 1.37 bits per heavy atom. The van der Waals surface area contributed by atoms with Crippen LogP contribution >= 0.6 is 11.6 Å². The van der Waals surface area contributed by atoms with Crippen LogP contribution in [-0.4, -0.2) is 24.6 Å². The molecule has 0 bridgehead atoms. The van der Waals surface area contributed by atoms with Crippen LogP contribution in [-0.2, 0) is 4.74 Å². The Labute approximate surface area is 109 Å². The van der Waals surface area contributed by atoms with Crippen LogP contribution in [0.2, 0.25) is 0 Å². The standard InChI is InChI=1S/C10H10ClF7O/c11-6-3-1-2-4-7(6)19-5-8(12,9(13,14)15)10(16,17)18/h1-5H2. The lowest BCUT2D eigenvalue weighted by Gasteiger charge is -2.30. The van der Waals surface area contributed by atoms with Crippen molar-refractivity contribution in [3.05, 3.63) is 10.8 Å². The Morgan fingerprint density at radius 3 is 1.79 bits per heavy atom. The first-order chi connectivity index (χ1) is 8.49. The fourth-order valence-corrected chi connectivity index (χ4v) is 1.78. The highest BCUT2D eigenvalue weighted by Gasteiger charge is 2.73. The molecule has 0 aromatic heterocycles. The maximum Gasteiger partial charge on any atom is 0.435 e. The van der Waals surface area contributed by atoms with Gasteiger partial charge in [0.1, 0.15) is 12.4 Å². The summed E-state index contributed by atoms with van der Waals surface area (Å²) < 4.78 is 91.0. The van der Waals surface area contributed by atoms with E-state index < -0.39 is 24.6 Å². The van der Waals surface area contributed by atoms with Crippen LogP contribution in [0, 0.1) is 0 Å². The average molecular weight is 315 g/mol. The summed E-state index contributed by atoms with van der Waals surface area (Å²) in [5, 5.41) is 0.0398. The molecule has 19 heavy (non-hydrogen) atoms. The van der Waals surface area contributed by atoms with Gasteiger partial charge in [-0.05, 0) is 19.3 Å². The third-order valence-electron chi connectivity index (χ3n) is 2.70. The molecule has 0 aromatic rings. The second-order valence-corrected chi connectivity index (χ2v) is 4.58. The molecule has 0 fully saturated rings. The predicted molar refractivity (Wildman–Crippen MR) is 53.2 cm³/mol. The van der Waals surface area contributed by atoms with Crippen LogP contribution in [0.1, 0.15) is 25.7 Å². The second kappa shape index (κ2) is 5.38. The highest BCUT2D eigenvalue weighted by Crippen LogP contribution is 2.47. The van der Waals surface area contributed by atoms with Crippen LogP contribution in [0.5, 0.6) is 0 Å². The minimum absolute atomic E-state index is 0.0398. The molecule has 0 saturated carbocycles. The fourth-order valence-electron chi connectivity index (χ4n) is 1.50. The van der Waals surface area contributed by atoms with Crippen LogP contribution in [0.15, 0.2) is 10.8 Å². The molecule has 0 radical (unpaired) electrons. The van der Waals surface area contributed by atoms with Crippen molar-refractivity contribution >= 4 is 11.6 Å². The Morgan fingerprint density at radius 1 is 0.895 bits per heavy atom. The molecule has 0 aromatic carbocycles. The van der Waals surface area contributed by atoms with E-state index in [2.05, 4.69) is 4.74 Å². The number of halogens is 8. The quantitative estimate of drug-likeness (QED) is 0.676. The van der Waals surface area contributed by atoms with Gasteiger partial charge >= 0.3 is 18.0 Å². The van der Waals surface area contributed by atoms with Gasteiger partial charge in [0.15, 0.2) is 0 Å². The molecule has 0 heterocycles. The number of rotatable bonds is 3. The molecule has 0 unspecified atom stereocenters. The monoisotopic (exact) mass is 314 g/mol. The molecule has 1 nitrogen and oxygen atoms in total. The van der Waals surface area contributed by atoms with Gasteiger partial charge in [-0.2, -0.15) is 26.3 Å². The van der Waals surface area contributed by atoms with Crippen molar-refractivity contribution in [2.24, 2.45) is 0 Å². The number of ether oxygens (including phenoxy) is 1. The second-order valence-electron chi connectivity index (χ2n) is 4.12. The smallest absolute Gasteiger partial charge is 0.435 e. The Bertz CT molecular complexity index is 344. The highest BCUT2D eigenvalue weighted by atomic mass is 35.5. The molecule has 1 aliphatic rings. The van der Waals surface area contributed by atoms with Gasteiger partial charge in [-0.3, -0.25) is 0 Å². The molecule has 1 aliphatic carbocycles. The van der Waals surface area contributed by atoms with Gasteiger partial charge in [-0.25, -0.2) is 4.39 Å². The molecular formula is C10H10ClF7O. The molecule has 1 rings (SSSR count). The largest absolute Gasteiger partial charge is 0.493 e. The van der Waals surface area contributed by atoms with Crippen LogP contribution in [0.3, 0.4) is 0 Å². The zero-order chi connectivity index (χ0) is 14.9. The van der Waals surface area contributed by atoms with E-state index in [0.717, 1.165) is 0 Å². The fraction of sp³-hybridized carbons (Fsp3) is 0.800. The summed E-state index contributed by atoms with van der Waals surface area (Å²) in [6, 6.07) is 0. The van der Waals surface area contributed by atoms with Crippen molar-refractivity contribution in [2.75, 3.05) is 6.61 Å². The lowest BCUT2D eigenvalue weighted by atomic mass is 10.0. The van der Waals surface area contributed by atoms with Gasteiger partial charge in [0.25, 0.3) is 0 Å². The SMILES string of the molecule is FC(F)(F)C(F)(COC1=C(Cl)CCCC1)C(F)(F)F. The molecule has 0 N–H and O–H groups in total. The number of allylic oxidation sites excluding steroid dienone is 2. The van der Waals surface area contributed by atoms with E-state index >= 15 is 0 Å². The first-order valence-corrected chi connectivity index (χ1v) is 5.69. The van der Waals surface area contributed by atoms with E-state index in [-0.39, 0.29) is 17.2 Å². The van der Waals surface area contributed by atoms with Gasteiger partial charge in [-0.1, -0.05) is 11.6 Å². The topological polar surface area (TPSA) is 9.23 Å². The summed E-state index contributed by atoms with van der Waals surface area (Å²) in [5.74, 6) is -0.205. The predicted octanol–water partition coefficient (Wildman–Crippen LogP) is 4.86. The van der Waals surface area contributed by atoms with Gasteiger partial charge in [0, 0.05) is 6.42 Å². The number of alkyl halides is 7. The Hall–Kier alpha value is -0.660. The maximum absolute atomic E-state index is 13.2. The first kappa shape index (κ1) is 16.4. The molecular weight excluding hydrogens is 305 g/mol. The first-order valence-electron chi connectivity index (χ1n) is 5.32. The molecule has 0 aliphatic heterocycles. The van der Waals surface area contributed by atoms with E-state index in [1.54, 1.807) is 0 Å². The Kier molecular flexibility index (Phi) is 4.64. The zero-order valence-electron chi connectivity index (χ0n) is 9.47. The van der Waals surface area contributed by atoms with Gasteiger partial charge in [0.05, 0.1) is 5.03 Å². The molecule has 0 spiro atoms. The number of hydrogen-bond donors (Lipinski definition) is 0. The van der Waals surface area contributed by atoms with Crippen molar-refractivity contribution in [1.82, 2.24) is 0 Å². The lowest BCUT2D eigenvalue weighted by Crippen LogP contribution is -2.56. The van der Waals surface area contributed by atoms with Gasteiger partial charge in [-0.15, -0.1) is 0 Å². The summed E-state index contributed by atoms with van der Waals surface area (Å²) in [6.45, 7) is -2.18. The molecule has 9 heteroatoms. The van der Waals surface area contributed by atoms with Crippen LogP contribution < -0.4 is 0 Å². The highest BCUT2D eigenvalue weighted by molar-refractivity contribution is 6.29. The van der Waals surface area contributed by atoms with E-state index in [0.29, 0.717) is 19.3 Å². The van der Waals surface area contributed by atoms with E-state index in [1.807, 2.05) is 0 Å². The van der Waals surface area contributed by atoms with Crippen LogP contribution in [0.4, 0.5) is 30.7 Å². The minimum Gasteiger partial charge on any atom is -0.493 e. The minimum atomic E-state index is -6.10. The lowest BCUT2D eigenvalue weighted by molar-refractivity contribution is -0.349. The van der Waals surface area contributed by atoms with Crippen molar-refractivity contribution in [2.45, 2.75) is 43.7 Å². The molecule has 0 amide bonds. The summed E-state index contributed by atoms with van der Waals surface area (Å²) in [4.78, 5) is 0. The van der Waals surface area contributed by atoms with E-state index in [1.165, 1.54) is 0 Å². The molecule has 112 valence electrons. The number of hydrogen-bond acceptors (Lipinski definition) is 1. The van der Waals surface area contributed by atoms with E-state index in [4.69, 9.17) is 11.6 Å². The van der Waals surface area contributed by atoms with Gasteiger partial charge < -0.3 is 4.74 Å².